The number of hydrogen-bond donors (Lipinski definition) is 1. The maximum absolute atomic E-state index is 11.1. The number of nitro benzene ring substituents is 1. The molecule has 1 aliphatic rings. The molecule has 0 radical (unpaired) electrons. The summed E-state index contributed by atoms with van der Waals surface area (Å²) in [5, 5.41) is 27.7. The minimum Gasteiger partial charge on any atom is -0.422 e. The monoisotopic (exact) mass is 423 g/mol. The molecule has 0 bridgehead atoms. The highest BCUT2D eigenvalue weighted by atomic mass is 16.6. The Morgan fingerprint density at radius 3 is 2.53 bits per heavy atom. The molecule has 4 aromatic rings. The molecule has 8 heteroatoms. The molecule has 1 atom stereocenters. The fraction of sp³-hybridized carbons (Fsp3) is 0.0833. The van der Waals surface area contributed by atoms with Crippen molar-refractivity contribution in [2.24, 2.45) is 5.73 Å². The summed E-state index contributed by atoms with van der Waals surface area (Å²) >= 11 is 0. The number of hydrogen-bond acceptors (Lipinski definition) is 6. The lowest BCUT2D eigenvalue weighted by molar-refractivity contribution is -0.384. The van der Waals surface area contributed by atoms with Gasteiger partial charge in [-0.15, -0.1) is 0 Å². The molecule has 8 nitrogen and oxygen atoms in total. The summed E-state index contributed by atoms with van der Waals surface area (Å²) in [6.07, 6.45) is 0. The van der Waals surface area contributed by atoms with Crippen molar-refractivity contribution in [3.8, 4) is 17.6 Å². The maximum Gasteiger partial charge on any atom is 0.269 e. The Balaban J connectivity index is 1.69. The number of benzene rings is 3. The summed E-state index contributed by atoms with van der Waals surface area (Å²) in [5.41, 5.74) is 9.23. The number of fused-ring (bicyclic) bond motifs is 2. The Morgan fingerprint density at radius 1 is 1.12 bits per heavy atom. The van der Waals surface area contributed by atoms with Crippen LogP contribution in [-0.4, -0.2) is 14.7 Å². The molecule has 32 heavy (non-hydrogen) atoms. The van der Waals surface area contributed by atoms with Gasteiger partial charge >= 0.3 is 0 Å². The third kappa shape index (κ3) is 2.96. The summed E-state index contributed by atoms with van der Waals surface area (Å²) in [7, 11) is 0. The van der Waals surface area contributed by atoms with E-state index in [1.54, 1.807) is 16.8 Å². The number of nitriles is 1. The fourth-order valence-corrected chi connectivity index (χ4v) is 4.12. The molecular weight excluding hydrogens is 406 g/mol. The van der Waals surface area contributed by atoms with Gasteiger partial charge in [-0.25, -0.2) is 4.68 Å². The first-order valence-corrected chi connectivity index (χ1v) is 9.88. The Labute approximate surface area is 182 Å². The molecule has 2 heterocycles. The number of aromatic nitrogens is 2. The lowest BCUT2D eigenvalue weighted by atomic mass is 9.84. The molecule has 1 aromatic heterocycles. The highest BCUT2D eigenvalue weighted by Crippen LogP contribution is 2.45. The number of non-ortho nitro benzene ring substituents is 1. The van der Waals surface area contributed by atoms with Crippen LogP contribution in [0.5, 0.6) is 5.88 Å². The molecule has 0 saturated heterocycles. The van der Waals surface area contributed by atoms with Crippen LogP contribution in [0.2, 0.25) is 0 Å². The number of rotatable bonds is 3. The van der Waals surface area contributed by atoms with Gasteiger partial charge in [0.25, 0.3) is 5.69 Å². The van der Waals surface area contributed by atoms with Gasteiger partial charge in [-0.1, -0.05) is 42.5 Å². The van der Waals surface area contributed by atoms with Gasteiger partial charge in [-0.05, 0) is 35.4 Å². The number of nitrogens with two attached hydrogens (primary N) is 1. The number of aryl methyl sites for hydroxylation is 1. The summed E-state index contributed by atoms with van der Waals surface area (Å²) in [5.74, 6) is -0.123. The quantitative estimate of drug-likeness (QED) is 0.384. The van der Waals surface area contributed by atoms with Gasteiger partial charge in [0.05, 0.1) is 27.8 Å². The average molecular weight is 423 g/mol. The number of allylic oxidation sites excluding steroid dienone is 1. The largest absolute Gasteiger partial charge is 0.422 e. The third-order valence-electron chi connectivity index (χ3n) is 5.65. The van der Waals surface area contributed by atoms with Gasteiger partial charge in [0.1, 0.15) is 11.6 Å². The van der Waals surface area contributed by atoms with E-state index in [1.165, 1.54) is 12.1 Å². The number of nitro groups is 1. The highest BCUT2D eigenvalue weighted by molar-refractivity contribution is 5.84. The standard InChI is InChI=1S/C24H17N5O3/c1-14-21-22(16-7-9-18(10-8-16)29(30)31)20(13-25)23(26)32-24(21)28(27-14)19-11-6-15-4-2-3-5-17(15)12-19/h2-12,22H,26H2,1H3. The van der Waals surface area contributed by atoms with Crippen molar-refractivity contribution in [3.05, 3.63) is 105 Å². The molecule has 156 valence electrons. The van der Waals surface area contributed by atoms with Gasteiger partial charge in [0, 0.05) is 12.1 Å². The summed E-state index contributed by atoms with van der Waals surface area (Å²) in [6, 6.07) is 22.2. The number of nitrogens with zero attached hydrogens (tertiary/aromatic N) is 4. The van der Waals surface area contributed by atoms with E-state index < -0.39 is 10.8 Å². The smallest absolute Gasteiger partial charge is 0.269 e. The lowest BCUT2D eigenvalue weighted by Gasteiger charge is -2.24. The second kappa shape index (κ2) is 7.25. The first kappa shape index (κ1) is 19.3. The van der Waals surface area contributed by atoms with Crippen molar-refractivity contribution in [3.63, 3.8) is 0 Å². The van der Waals surface area contributed by atoms with Crippen molar-refractivity contribution in [1.29, 1.82) is 5.26 Å². The zero-order valence-corrected chi connectivity index (χ0v) is 17.0. The van der Waals surface area contributed by atoms with Crippen LogP contribution in [0.25, 0.3) is 16.5 Å². The zero-order valence-electron chi connectivity index (χ0n) is 17.0. The maximum atomic E-state index is 11.1. The molecule has 0 saturated carbocycles. The Bertz CT molecular complexity index is 1460. The van der Waals surface area contributed by atoms with Gasteiger partial charge in [0.15, 0.2) is 0 Å². The Kier molecular flexibility index (Phi) is 4.38. The predicted molar refractivity (Wildman–Crippen MR) is 118 cm³/mol. The number of ether oxygens (including phenoxy) is 1. The molecule has 3 aromatic carbocycles. The molecule has 1 unspecified atom stereocenters. The highest BCUT2D eigenvalue weighted by Gasteiger charge is 2.36. The van der Waals surface area contributed by atoms with Crippen LogP contribution >= 0.6 is 0 Å². The fourth-order valence-electron chi connectivity index (χ4n) is 4.12. The topological polar surface area (TPSA) is 120 Å². The van der Waals surface area contributed by atoms with Gasteiger partial charge < -0.3 is 10.5 Å². The van der Waals surface area contributed by atoms with E-state index in [2.05, 4.69) is 11.2 Å². The molecule has 2 N–H and O–H groups in total. The van der Waals surface area contributed by atoms with Crippen LogP contribution in [0.15, 0.2) is 78.2 Å². The van der Waals surface area contributed by atoms with Crippen molar-refractivity contribution in [2.45, 2.75) is 12.8 Å². The second-order valence-corrected chi connectivity index (χ2v) is 7.52. The van der Waals surface area contributed by atoms with Crippen LogP contribution in [0, 0.1) is 28.4 Å². The third-order valence-corrected chi connectivity index (χ3v) is 5.65. The van der Waals surface area contributed by atoms with E-state index in [0.29, 0.717) is 22.7 Å². The first-order chi connectivity index (χ1) is 15.5. The van der Waals surface area contributed by atoms with Crippen molar-refractivity contribution < 1.29 is 9.66 Å². The minimum absolute atomic E-state index is 0.00899. The van der Waals surface area contributed by atoms with E-state index in [-0.39, 0.29) is 17.1 Å². The van der Waals surface area contributed by atoms with E-state index in [4.69, 9.17) is 10.5 Å². The molecule has 0 amide bonds. The molecular formula is C24H17N5O3. The summed E-state index contributed by atoms with van der Waals surface area (Å²) < 4.78 is 7.57. The average Bonchev–Trinajstić information content (AvgIpc) is 3.13. The van der Waals surface area contributed by atoms with E-state index >= 15 is 0 Å². The van der Waals surface area contributed by atoms with Crippen LogP contribution < -0.4 is 10.5 Å². The zero-order chi connectivity index (χ0) is 22.4. The lowest BCUT2D eigenvalue weighted by Crippen LogP contribution is -2.22. The first-order valence-electron chi connectivity index (χ1n) is 9.88. The van der Waals surface area contributed by atoms with Crippen LogP contribution in [0.4, 0.5) is 5.69 Å². The van der Waals surface area contributed by atoms with Crippen molar-refractivity contribution >= 4 is 16.5 Å². The Morgan fingerprint density at radius 2 is 1.84 bits per heavy atom. The van der Waals surface area contributed by atoms with E-state index in [9.17, 15) is 15.4 Å². The summed E-state index contributed by atoms with van der Waals surface area (Å²) in [4.78, 5) is 10.6. The van der Waals surface area contributed by atoms with Gasteiger partial charge in [-0.2, -0.15) is 10.4 Å². The van der Waals surface area contributed by atoms with E-state index in [0.717, 1.165) is 16.5 Å². The Hall–Kier alpha value is -4.64. The van der Waals surface area contributed by atoms with Crippen LogP contribution in [-0.2, 0) is 0 Å². The predicted octanol–water partition coefficient (Wildman–Crippen LogP) is 4.46. The second-order valence-electron chi connectivity index (χ2n) is 7.52. The normalized spacial score (nSPS) is 15.2. The molecule has 0 fully saturated rings. The minimum atomic E-state index is -0.543. The molecule has 0 aliphatic carbocycles. The SMILES string of the molecule is Cc1nn(-c2ccc3ccccc3c2)c2c1C(c1ccc([N+](=O)[O-])cc1)C(C#N)=C(N)O2. The summed E-state index contributed by atoms with van der Waals surface area (Å²) in [6.45, 7) is 1.84. The van der Waals surface area contributed by atoms with E-state index in [1.807, 2.05) is 49.4 Å². The van der Waals surface area contributed by atoms with Crippen LogP contribution in [0.1, 0.15) is 22.7 Å². The molecule has 5 rings (SSSR count). The molecule has 1 aliphatic heterocycles. The van der Waals surface area contributed by atoms with Crippen LogP contribution in [0.3, 0.4) is 0 Å². The van der Waals surface area contributed by atoms with Crippen molar-refractivity contribution in [1.82, 2.24) is 9.78 Å². The van der Waals surface area contributed by atoms with Gasteiger partial charge in [-0.3, -0.25) is 10.1 Å². The van der Waals surface area contributed by atoms with Crippen molar-refractivity contribution in [2.75, 3.05) is 0 Å². The molecule has 0 spiro atoms. The van der Waals surface area contributed by atoms with Gasteiger partial charge in [0.2, 0.25) is 11.8 Å².